The fourth-order valence-electron chi connectivity index (χ4n) is 5.18. The monoisotopic (exact) mass is 270 g/mol. The van der Waals surface area contributed by atoms with Crippen molar-refractivity contribution in [3.63, 3.8) is 0 Å². The van der Waals surface area contributed by atoms with Gasteiger partial charge in [0.15, 0.2) is 5.78 Å². The van der Waals surface area contributed by atoms with Crippen molar-refractivity contribution in [3.8, 4) is 0 Å². The van der Waals surface area contributed by atoms with Crippen molar-refractivity contribution in [2.24, 2.45) is 29.6 Å². The van der Waals surface area contributed by atoms with Crippen molar-refractivity contribution < 1.29 is 9.53 Å². The van der Waals surface area contributed by atoms with Crippen LogP contribution in [0.5, 0.6) is 0 Å². The van der Waals surface area contributed by atoms with Crippen molar-refractivity contribution in [2.75, 3.05) is 6.61 Å². The van der Waals surface area contributed by atoms with Crippen LogP contribution in [-0.2, 0) is 16.1 Å². The average molecular weight is 270 g/mol. The second-order valence-corrected chi connectivity index (χ2v) is 6.96. The number of ether oxygens (including phenoxy) is 1. The summed E-state index contributed by atoms with van der Waals surface area (Å²) in [4.78, 5) is 12.5. The van der Waals surface area contributed by atoms with Gasteiger partial charge in [0.05, 0.1) is 6.61 Å². The molecule has 2 heteroatoms. The SMILES string of the molecule is O=C(COCc1ccccc1)C1C2CC3CC(C2)C1C3. The number of rotatable bonds is 5. The van der Waals surface area contributed by atoms with E-state index < -0.39 is 0 Å². The zero-order valence-electron chi connectivity index (χ0n) is 11.8. The Labute approximate surface area is 120 Å². The van der Waals surface area contributed by atoms with E-state index in [4.69, 9.17) is 4.74 Å². The van der Waals surface area contributed by atoms with Crippen LogP contribution in [0.15, 0.2) is 30.3 Å². The molecule has 5 atom stereocenters. The minimum absolute atomic E-state index is 0.309. The lowest BCUT2D eigenvalue weighted by Crippen LogP contribution is -2.32. The highest BCUT2D eigenvalue weighted by molar-refractivity contribution is 5.83. The minimum atomic E-state index is 0.309. The fourth-order valence-corrected chi connectivity index (χ4v) is 5.18. The summed E-state index contributed by atoms with van der Waals surface area (Å²) in [6.45, 7) is 0.866. The molecule has 5 unspecified atom stereocenters. The molecule has 4 saturated carbocycles. The summed E-state index contributed by atoms with van der Waals surface area (Å²) in [5.41, 5.74) is 1.15. The summed E-state index contributed by atoms with van der Waals surface area (Å²) < 4.78 is 5.66. The number of hydrogen-bond acceptors (Lipinski definition) is 2. The first-order chi connectivity index (χ1) is 9.81. The normalized spacial score (nSPS) is 37.5. The molecule has 0 aliphatic heterocycles. The van der Waals surface area contributed by atoms with Crippen molar-refractivity contribution in [1.29, 1.82) is 0 Å². The first-order valence-electron chi connectivity index (χ1n) is 7.95. The highest BCUT2D eigenvalue weighted by Gasteiger charge is 2.55. The van der Waals surface area contributed by atoms with E-state index >= 15 is 0 Å². The van der Waals surface area contributed by atoms with E-state index in [1.54, 1.807) is 0 Å². The highest BCUT2D eigenvalue weighted by atomic mass is 16.5. The lowest BCUT2D eigenvalue weighted by molar-refractivity contribution is -0.131. The van der Waals surface area contributed by atoms with E-state index in [1.165, 1.54) is 25.7 Å². The molecule has 0 radical (unpaired) electrons. The zero-order valence-corrected chi connectivity index (χ0v) is 11.8. The van der Waals surface area contributed by atoms with Gasteiger partial charge in [-0.15, -0.1) is 0 Å². The van der Waals surface area contributed by atoms with Crippen LogP contribution in [0.25, 0.3) is 0 Å². The molecule has 0 spiro atoms. The molecule has 4 aliphatic rings. The summed E-state index contributed by atoms with van der Waals surface area (Å²) >= 11 is 0. The fraction of sp³-hybridized carbons (Fsp3) is 0.611. The van der Waals surface area contributed by atoms with Gasteiger partial charge in [-0.25, -0.2) is 0 Å². The Bertz CT molecular complexity index is 491. The Morgan fingerprint density at radius 3 is 2.65 bits per heavy atom. The van der Waals surface area contributed by atoms with Crippen LogP contribution in [0.2, 0.25) is 0 Å². The third-order valence-electron chi connectivity index (χ3n) is 5.79. The number of Topliss-reactive ketones (excluding diaryl/α,β-unsaturated/α-hetero) is 1. The lowest BCUT2D eigenvalue weighted by atomic mass is 9.74. The molecule has 4 fully saturated rings. The maximum Gasteiger partial charge on any atom is 0.162 e. The van der Waals surface area contributed by atoms with E-state index in [1.807, 2.05) is 30.3 Å². The number of benzene rings is 1. The molecule has 5 rings (SSSR count). The molecule has 4 bridgehead atoms. The summed E-state index contributed by atoms with van der Waals surface area (Å²) in [6, 6.07) is 10.1. The van der Waals surface area contributed by atoms with E-state index in [0.717, 1.165) is 17.4 Å². The predicted octanol–water partition coefficient (Wildman–Crippen LogP) is 3.45. The van der Waals surface area contributed by atoms with E-state index in [2.05, 4.69) is 0 Å². The maximum atomic E-state index is 12.5. The Kier molecular flexibility index (Phi) is 3.14. The van der Waals surface area contributed by atoms with Gasteiger partial charge < -0.3 is 4.74 Å². The minimum Gasteiger partial charge on any atom is -0.369 e. The molecule has 0 saturated heterocycles. The van der Waals surface area contributed by atoms with Gasteiger partial charge in [-0.3, -0.25) is 4.79 Å². The van der Waals surface area contributed by atoms with Crippen LogP contribution in [-0.4, -0.2) is 12.4 Å². The zero-order chi connectivity index (χ0) is 13.5. The van der Waals surface area contributed by atoms with Crippen LogP contribution < -0.4 is 0 Å². The molecular formula is C18H22O2. The third-order valence-corrected chi connectivity index (χ3v) is 5.79. The Hall–Kier alpha value is -1.15. The van der Waals surface area contributed by atoms with Crippen molar-refractivity contribution in [1.82, 2.24) is 0 Å². The molecule has 106 valence electrons. The molecular weight excluding hydrogens is 248 g/mol. The van der Waals surface area contributed by atoms with Crippen LogP contribution in [0.1, 0.15) is 31.2 Å². The van der Waals surface area contributed by atoms with Gasteiger partial charge in [0, 0.05) is 5.92 Å². The van der Waals surface area contributed by atoms with Gasteiger partial charge in [-0.1, -0.05) is 30.3 Å². The van der Waals surface area contributed by atoms with Gasteiger partial charge in [-0.2, -0.15) is 0 Å². The maximum absolute atomic E-state index is 12.5. The highest BCUT2D eigenvalue weighted by Crippen LogP contribution is 2.61. The molecule has 0 heterocycles. The smallest absolute Gasteiger partial charge is 0.162 e. The van der Waals surface area contributed by atoms with Crippen molar-refractivity contribution in [2.45, 2.75) is 32.3 Å². The second kappa shape index (κ2) is 5.00. The summed E-state index contributed by atoms with van der Waals surface area (Å²) in [5, 5.41) is 0. The lowest BCUT2D eigenvalue weighted by Gasteiger charge is -2.31. The van der Waals surface area contributed by atoms with Gasteiger partial charge in [0.1, 0.15) is 6.61 Å². The van der Waals surface area contributed by atoms with E-state index in [9.17, 15) is 4.79 Å². The number of carbonyl (C=O) groups is 1. The largest absolute Gasteiger partial charge is 0.369 e. The van der Waals surface area contributed by atoms with E-state index in [-0.39, 0.29) is 0 Å². The molecule has 0 amide bonds. The van der Waals surface area contributed by atoms with Gasteiger partial charge in [0.2, 0.25) is 0 Å². The molecule has 4 aliphatic carbocycles. The van der Waals surface area contributed by atoms with Crippen LogP contribution in [0, 0.1) is 29.6 Å². The average Bonchev–Trinajstić information content (AvgIpc) is 2.88. The van der Waals surface area contributed by atoms with Crippen LogP contribution in [0.4, 0.5) is 0 Å². The van der Waals surface area contributed by atoms with Gasteiger partial charge >= 0.3 is 0 Å². The van der Waals surface area contributed by atoms with Gasteiger partial charge in [0.25, 0.3) is 0 Å². The van der Waals surface area contributed by atoms with Crippen LogP contribution in [0.3, 0.4) is 0 Å². The number of carbonyl (C=O) groups excluding carboxylic acids is 1. The van der Waals surface area contributed by atoms with Crippen LogP contribution >= 0.6 is 0 Å². The van der Waals surface area contributed by atoms with E-state index in [0.29, 0.717) is 36.8 Å². The molecule has 0 N–H and O–H groups in total. The first kappa shape index (κ1) is 12.6. The Balaban J connectivity index is 1.33. The van der Waals surface area contributed by atoms with Gasteiger partial charge in [-0.05, 0) is 54.9 Å². The standard InChI is InChI=1S/C18H22O2/c19-17(11-20-10-12-4-2-1-3-5-12)18-15-7-13-6-14(9-15)16(18)8-13/h1-5,13-16,18H,6-11H2. The summed E-state index contributed by atoms with van der Waals surface area (Å²) in [5.74, 6) is 3.89. The number of ketones is 1. The second-order valence-electron chi connectivity index (χ2n) is 6.96. The summed E-state index contributed by atoms with van der Waals surface area (Å²) in [7, 11) is 0. The molecule has 2 nitrogen and oxygen atoms in total. The third kappa shape index (κ3) is 2.10. The first-order valence-corrected chi connectivity index (χ1v) is 7.95. The van der Waals surface area contributed by atoms with Crippen molar-refractivity contribution >= 4 is 5.78 Å². The quantitative estimate of drug-likeness (QED) is 0.819. The molecule has 20 heavy (non-hydrogen) atoms. The summed E-state index contributed by atoms with van der Waals surface area (Å²) in [6.07, 6.45) is 5.34. The Morgan fingerprint density at radius 2 is 1.85 bits per heavy atom. The Morgan fingerprint density at radius 1 is 1.05 bits per heavy atom. The molecule has 1 aromatic carbocycles. The van der Waals surface area contributed by atoms with Crippen molar-refractivity contribution in [3.05, 3.63) is 35.9 Å². The molecule has 0 aromatic heterocycles. The molecule has 1 aromatic rings. The predicted molar refractivity (Wildman–Crippen MR) is 77.0 cm³/mol. The number of hydrogen-bond donors (Lipinski definition) is 0. The topological polar surface area (TPSA) is 26.3 Å².